The van der Waals surface area contributed by atoms with Crippen molar-refractivity contribution >= 4 is 51.5 Å². The summed E-state index contributed by atoms with van der Waals surface area (Å²) < 4.78 is 2.26. The van der Waals surface area contributed by atoms with Gasteiger partial charge in [0, 0.05) is 14.0 Å². The van der Waals surface area contributed by atoms with Gasteiger partial charge < -0.3 is 0 Å². The Morgan fingerprint density at radius 3 is 3.00 bits per heavy atom. The highest BCUT2D eigenvalue weighted by atomic mass is 127. The van der Waals surface area contributed by atoms with Gasteiger partial charge in [-0.15, -0.1) is 0 Å². The highest BCUT2D eigenvalue weighted by Gasteiger charge is 2.06. The Morgan fingerprint density at radius 2 is 2.31 bits per heavy atom. The second-order valence-corrected chi connectivity index (χ2v) is 4.11. The predicted molar refractivity (Wildman–Crippen MR) is 59.6 cm³/mol. The van der Waals surface area contributed by atoms with Crippen LogP contribution < -0.4 is 0 Å². The molecule has 0 fully saturated rings. The topological polar surface area (TPSA) is 34.9 Å². The molecule has 13 heavy (non-hydrogen) atoms. The normalized spacial score (nSPS) is 10.6. The van der Waals surface area contributed by atoms with Gasteiger partial charge in [-0.1, -0.05) is 11.6 Å². The van der Waals surface area contributed by atoms with Crippen LogP contribution in [0, 0.1) is 3.57 Å². The largest absolute Gasteiger partial charge is 0.276 e. The Labute approximate surface area is 92.8 Å². The minimum absolute atomic E-state index is 0.612. The average Bonchev–Trinajstić information content (AvgIpc) is 2.47. The van der Waals surface area contributed by atoms with Crippen molar-refractivity contribution in [3.63, 3.8) is 0 Å². The third-order valence-electron chi connectivity index (χ3n) is 1.73. The number of aromatic nitrogens is 2. The molecule has 0 unspecified atom stereocenters. The first-order valence-electron chi connectivity index (χ1n) is 3.50. The minimum atomic E-state index is 0.612. The van der Waals surface area contributed by atoms with E-state index >= 15 is 0 Å². The van der Waals surface area contributed by atoms with E-state index in [0.717, 1.165) is 14.5 Å². The molecule has 0 saturated carbocycles. The summed E-state index contributed by atoms with van der Waals surface area (Å²) in [7, 11) is 0. The summed E-state index contributed by atoms with van der Waals surface area (Å²) in [5.74, 6) is 0. The van der Waals surface area contributed by atoms with E-state index in [1.165, 1.54) is 4.68 Å². The molecule has 0 aliphatic rings. The quantitative estimate of drug-likeness (QED) is 0.599. The van der Waals surface area contributed by atoms with Crippen molar-refractivity contribution in [1.82, 2.24) is 9.78 Å². The lowest BCUT2D eigenvalue weighted by Gasteiger charge is -1.96. The molecule has 1 heterocycles. The van der Waals surface area contributed by atoms with Crippen LogP contribution in [0.15, 0.2) is 18.3 Å². The molecule has 0 bridgehead atoms. The fourth-order valence-corrected chi connectivity index (χ4v) is 2.30. The number of carbonyl (C=O) groups excluding carboxylic acids is 1. The molecular weight excluding hydrogens is 302 g/mol. The minimum Gasteiger partial charge on any atom is -0.276 e. The van der Waals surface area contributed by atoms with Gasteiger partial charge in [-0.3, -0.25) is 4.79 Å². The summed E-state index contributed by atoms with van der Waals surface area (Å²) >= 11 is 8.01. The smallest absolute Gasteiger partial charge is 0.234 e. The van der Waals surface area contributed by atoms with Crippen LogP contribution in [0.1, 0.15) is 0 Å². The van der Waals surface area contributed by atoms with Crippen LogP contribution in [0.25, 0.3) is 10.9 Å². The zero-order valence-corrected chi connectivity index (χ0v) is 9.28. The molecule has 5 heteroatoms. The Bertz CT molecular complexity index is 480. The van der Waals surface area contributed by atoms with Crippen LogP contribution in [0.2, 0.25) is 5.02 Å². The van der Waals surface area contributed by atoms with Gasteiger partial charge in [-0.05, 0) is 34.7 Å². The molecule has 2 aromatic rings. The molecule has 0 aliphatic carbocycles. The maximum atomic E-state index is 10.6. The summed E-state index contributed by atoms with van der Waals surface area (Å²) in [6, 6.07) is 3.56. The highest BCUT2D eigenvalue weighted by Crippen LogP contribution is 2.24. The van der Waals surface area contributed by atoms with E-state index in [2.05, 4.69) is 27.7 Å². The van der Waals surface area contributed by atoms with Crippen LogP contribution in [0.5, 0.6) is 0 Å². The summed E-state index contributed by atoms with van der Waals surface area (Å²) in [6.45, 7) is 0. The van der Waals surface area contributed by atoms with Crippen molar-refractivity contribution in [1.29, 1.82) is 0 Å². The maximum absolute atomic E-state index is 10.6. The second-order valence-electron chi connectivity index (χ2n) is 2.51. The van der Waals surface area contributed by atoms with Gasteiger partial charge in [0.25, 0.3) is 0 Å². The summed E-state index contributed by atoms with van der Waals surface area (Å²) in [5.41, 5.74) is 0.743. The van der Waals surface area contributed by atoms with E-state index in [1.54, 1.807) is 12.3 Å². The molecule has 0 amide bonds. The van der Waals surface area contributed by atoms with Crippen LogP contribution in [0.3, 0.4) is 0 Å². The molecule has 0 saturated heterocycles. The first-order valence-corrected chi connectivity index (χ1v) is 4.95. The first-order chi connectivity index (χ1) is 6.22. The van der Waals surface area contributed by atoms with E-state index in [4.69, 9.17) is 11.6 Å². The molecule has 0 N–H and O–H groups in total. The van der Waals surface area contributed by atoms with E-state index in [0.29, 0.717) is 11.4 Å². The lowest BCUT2D eigenvalue weighted by atomic mass is 10.2. The molecule has 1 aromatic heterocycles. The van der Waals surface area contributed by atoms with Gasteiger partial charge in [-0.25, -0.2) is 4.68 Å². The van der Waals surface area contributed by atoms with Gasteiger partial charge in [0.15, 0.2) is 0 Å². The molecule has 2 rings (SSSR count). The molecule has 66 valence electrons. The molecule has 0 spiro atoms. The standard InChI is InChI=1S/C8H4ClIN2O/c9-5-1-7(10)6-3-11-12(4-13)8(6)2-5/h1-4H. The Kier molecular flexibility index (Phi) is 2.25. The second kappa shape index (κ2) is 3.26. The number of carbonyl (C=O) groups is 1. The third-order valence-corrected chi connectivity index (χ3v) is 2.84. The number of hydrogen-bond donors (Lipinski definition) is 0. The molecule has 0 radical (unpaired) electrons. The van der Waals surface area contributed by atoms with Crippen LogP contribution in [-0.4, -0.2) is 16.2 Å². The van der Waals surface area contributed by atoms with Crippen LogP contribution in [-0.2, 0) is 4.79 Å². The summed E-state index contributed by atoms with van der Waals surface area (Å²) in [5, 5.41) is 5.45. The van der Waals surface area contributed by atoms with E-state index in [1.807, 2.05) is 6.07 Å². The summed E-state index contributed by atoms with van der Waals surface area (Å²) in [6.07, 6.45) is 2.32. The number of rotatable bonds is 1. The number of hydrogen-bond acceptors (Lipinski definition) is 2. The lowest BCUT2D eigenvalue weighted by molar-refractivity contribution is 0.542. The molecule has 0 aliphatic heterocycles. The fourth-order valence-electron chi connectivity index (χ4n) is 1.15. The van der Waals surface area contributed by atoms with E-state index < -0.39 is 0 Å². The van der Waals surface area contributed by atoms with E-state index in [9.17, 15) is 4.79 Å². The van der Waals surface area contributed by atoms with Crippen molar-refractivity contribution in [3.05, 3.63) is 26.9 Å². The number of halogens is 2. The van der Waals surface area contributed by atoms with Gasteiger partial charge in [0.05, 0.1) is 11.7 Å². The van der Waals surface area contributed by atoms with Gasteiger partial charge >= 0.3 is 0 Å². The maximum Gasteiger partial charge on any atom is 0.234 e. The highest BCUT2D eigenvalue weighted by molar-refractivity contribution is 14.1. The monoisotopic (exact) mass is 306 g/mol. The van der Waals surface area contributed by atoms with E-state index in [-0.39, 0.29) is 0 Å². The van der Waals surface area contributed by atoms with Crippen molar-refractivity contribution in [2.45, 2.75) is 0 Å². The zero-order valence-electron chi connectivity index (χ0n) is 6.37. The number of fused-ring (bicyclic) bond motifs is 1. The Morgan fingerprint density at radius 1 is 1.54 bits per heavy atom. The Hall–Kier alpha value is -0.620. The van der Waals surface area contributed by atoms with Crippen molar-refractivity contribution in [2.75, 3.05) is 0 Å². The molecular formula is C8H4ClIN2O. The SMILES string of the molecule is O=Cn1ncc2c(I)cc(Cl)cc21. The fraction of sp³-hybridized carbons (Fsp3) is 0. The van der Waals surface area contributed by atoms with Crippen molar-refractivity contribution in [2.24, 2.45) is 0 Å². The Balaban J connectivity index is 2.89. The van der Waals surface area contributed by atoms with Crippen molar-refractivity contribution in [3.8, 4) is 0 Å². The first kappa shape index (κ1) is 8.96. The van der Waals surface area contributed by atoms with Gasteiger partial charge in [-0.2, -0.15) is 5.10 Å². The number of benzene rings is 1. The zero-order chi connectivity index (χ0) is 9.42. The summed E-state index contributed by atoms with van der Waals surface area (Å²) in [4.78, 5) is 10.6. The average molecular weight is 306 g/mol. The predicted octanol–water partition coefficient (Wildman–Crippen LogP) is 2.33. The number of nitrogens with zero attached hydrogens (tertiary/aromatic N) is 2. The molecule has 0 atom stereocenters. The third kappa shape index (κ3) is 1.44. The van der Waals surface area contributed by atoms with Crippen LogP contribution >= 0.6 is 34.2 Å². The van der Waals surface area contributed by atoms with Crippen molar-refractivity contribution < 1.29 is 4.79 Å². The van der Waals surface area contributed by atoms with Gasteiger partial charge in [0.1, 0.15) is 0 Å². The molecule has 3 nitrogen and oxygen atoms in total. The molecule has 1 aromatic carbocycles. The van der Waals surface area contributed by atoms with Gasteiger partial charge in [0.2, 0.25) is 6.41 Å². The lowest BCUT2D eigenvalue weighted by Crippen LogP contribution is -1.95. The van der Waals surface area contributed by atoms with Crippen LogP contribution in [0.4, 0.5) is 0 Å².